The minimum Gasteiger partial charge on any atom is -0.478 e. The first-order chi connectivity index (χ1) is 9.08. The molecule has 3 nitrogen and oxygen atoms in total. The first-order valence-electron chi connectivity index (χ1n) is 5.86. The van der Waals surface area contributed by atoms with E-state index in [9.17, 15) is 4.79 Å². The summed E-state index contributed by atoms with van der Waals surface area (Å²) in [5, 5.41) is 8.86. The molecule has 98 valence electrons. The molecule has 0 aliphatic carbocycles. The van der Waals surface area contributed by atoms with Crippen LogP contribution in [0.2, 0.25) is 0 Å². The Hall–Kier alpha value is -1.81. The maximum absolute atomic E-state index is 10.8. The third kappa shape index (κ3) is 3.35. The number of rotatable bonds is 4. The lowest BCUT2D eigenvalue weighted by molar-refractivity contribution is 0.0697. The third-order valence-corrected chi connectivity index (χ3v) is 3.55. The van der Waals surface area contributed by atoms with Crippen LogP contribution in [0.4, 0.5) is 5.69 Å². The summed E-state index contributed by atoms with van der Waals surface area (Å²) < 4.78 is 1.04. The Labute approximate surface area is 120 Å². The van der Waals surface area contributed by atoms with Crippen molar-refractivity contribution in [2.24, 2.45) is 0 Å². The molecule has 0 amide bonds. The number of aromatic carboxylic acids is 1. The van der Waals surface area contributed by atoms with Gasteiger partial charge in [0.15, 0.2) is 0 Å². The molecular weight excluding hydrogens is 306 g/mol. The van der Waals surface area contributed by atoms with Crippen molar-refractivity contribution in [3.8, 4) is 0 Å². The Morgan fingerprint density at radius 2 is 1.79 bits per heavy atom. The number of carbonyl (C=O) groups is 1. The molecule has 0 saturated heterocycles. The molecule has 0 spiro atoms. The Morgan fingerprint density at radius 3 is 2.37 bits per heavy atom. The van der Waals surface area contributed by atoms with Crippen molar-refractivity contribution >= 4 is 27.6 Å². The van der Waals surface area contributed by atoms with Crippen LogP contribution >= 0.6 is 15.9 Å². The second kappa shape index (κ2) is 5.89. The van der Waals surface area contributed by atoms with Crippen molar-refractivity contribution < 1.29 is 9.90 Å². The van der Waals surface area contributed by atoms with Crippen molar-refractivity contribution in [2.75, 3.05) is 11.9 Å². The van der Waals surface area contributed by atoms with Gasteiger partial charge in [0.2, 0.25) is 0 Å². The number of nitrogens with zero attached hydrogens (tertiary/aromatic N) is 1. The van der Waals surface area contributed by atoms with Gasteiger partial charge in [0.05, 0.1) is 11.3 Å². The van der Waals surface area contributed by atoms with E-state index in [1.54, 1.807) is 12.1 Å². The summed E-state index contributed by atoms with van der Waals surface area (Å²) in [6, 6.07) is 15.0. The summed E-state index contributed by atoms with van der Waals surface area (Å²) in [4.78, 5) is 12.9. The Bertz CT molecular complexity index is 581. The molecule has 0 radical (unpaired) electrons. The highest BCUT2D eigenvalue weighted by Crippen LogP contribution is 2.25. The van der Waals surface area contributed by atoms with E-state index in [4.69, 9.17) is 5.11 Å². The summed E-state index contributed by atoms with van der Waals surface area (Å²) in [5.41, 5.74) is 2.49. The second-order valence-corrected chi connectivity index (χ2v) is 5.16. The number of benzene rings is 2. The van der Waals surface area contributed by atoms with E-state index >= 15 is 0 Å². The molecule has 2 aromatic carbocycles. The first-order valence-corrected chi connectivity index (χ1v) is 6.65. The summed E-state index contributed by atoms with van der Waals surface area (Å²) in [7, 11) is 2.01. The summed E-state index contributed by atoms with van der Waals surface area (Å²) in [6.45, 7) is 0.725. The normalized spacial score (nSPS) is 10.2. The van der Waals surface area contributed by atoms with Gasteiger partial charge < -0.3 is 10.0 Å². The van der Waals surface area contributed by atoms with Crippen molar-refractivity contribution in [1.29, 1.82) is 0 Å². The smallest absolute Gasteiger partial charge is 0.335 e. The molecule has 0 aliphatic rings. The number of carboxylic acids is 1. The van der Waals surface area contributed by atoms with Crippen LogP contribution in [0.15, 0.2) is 53.0 Å². The van der Waals surface area contributed by atoms with Crippen LogP contribution in [0.3, 0.4) is 0 Å². The minimum atomic E-state index is -0.897. The highest BCUT2D eigenvalue weighted by atomic mass is 79.9. The van der Waals surface area contributed by atoms with Gasteiger partial charge in [-0.2, -0.15) is 0 Å². The molecular formula is C15H14BrNO2. The van der Waals surface area contributed by atoms with E-state index in [-0.39, 0.29) is 0 Å². The molecule has 0 aromatic heterocycles. The van der Waals surface area contributed by atoms with E-state index in [2.05, 4.69) is 20.8 Å². The molecule has 2 rings (SSSR count). The van der Waals surface area contributed by atoms with Crippen molar-refractivity contribution in [2.45, 2.75) is 6.54 Å². The lowest BCUT2D eigenvalue weighted by Gasteiger charge is -2.20. The number of anilines is 1. The topological polar surface area (TPSA) is 40.5 Å². The van der Waals surface area contributed by atoms with E-state index in [1.807, 2.05) is 43.4 Å². The van der Waals surface area contributed by atoms with Crippen LogP contribution in [-0.2, 0) is 6.54 Å². The fraction of sp³-hybridized carbons (Fsp3) is 0.133. The molecule has 0 bridgehead atoms. The average molecular weight is 320 g/mol. The fourth-order valence-electron chi connectivity index (χ4n) is 1.87. The van der Waals surface area contributed by atoms with Gasteiger partial charge in [-0.15, -0.1) is 0 Å². The molecule has 0 saturated carbocycles. The van der Waals surface area contributed by atoms with Gasteiger partial charge >= 0.3 is 5.97 Å². The number of carboxylic acid groups (broad SMARTS) is 1. The lowest BCUT2D eigenvalue weighted by atomic mass is 10.1. The molecule has 0 unspecified atom stereocenters. The van der Waals surface area contributed by atoms with Crippen molar-refractivity contribution in [3.05, 3.63) is 64.1 Å². The van der Waals surface area contributed by atoms with Crippen LogP contribution in [0.1, 0.15) is 15.9 Å². The first kappa shape index (κ1) is 13.6. The predicted octanol–water partition coefficient (Wildman–Crippen LogP) is 3.78. The predicted molar refractivity (Wildman–Crippen MR) is 79.7 cm³/mol. The van der Waals surface area contributed by atoms with Crippen LogP contribution in [0, 0.1) is 0 Å². The minimum absolute atomic E-state index is 0.312. The van der Waals surface area contributed by atoms with E-state index < -0.39 is 5.97 Å². The Balaban J connectivity index is 2.13. The van der Waals surface area contributed by atoms with Crippen molar-refractivity contribution in [3.63, 3.8) is 0 Å². The monoisotopic (exact) mass is 319 g/mol. The molecule has 2 aromatic rings. The van der Waals surface area contributed by atoms with Gasteiger partial charge in [0.1, 0.15) is 0 Å². The van der Waals surface area contributed by atoms with Crippen LogP contribution in [0.5, 0.6) is 0 Å². The standard InChI is InChI=1S/C15H14BrNO2/c1-17(14-5-3-2-4-13(14)16)10-11-6-8-12(9-7-11)15(18)19/h2-9H,10H2,1H3,(H,18,19). The quantitative estimate of drug-likeness (QED) is 0.932. The van der Waals surface area contributed by atoms with Gasteiger partial charge in [-0.1, -0.05) is 24.3 Å². The molecule has 4 heteroatoms. The van der Waals surface area contributed by atoms with Gasteiger partial charge in [-0.05, 0) is 45.8 Å². The highest BCUT2D eigenvalue weighted by Gasteiger charge is 2.07. The number of hydrogen-bond donors (Lipinski definition) is 1. The highest BCUT2D eigenvalue weighted by molar-refractivity contribution is 9.10. The van der Waals surface area contributed by atoms with E-state index in [0.717, 1.165) is 22.3 Å². The summed E-state index contributed by atoms with van der Waals surface area (Å²) in [5.74, 6) is -0.897. The van der Waals surface area contributed by atoms with Gasteiger partial charge in [0, 0.05) is 18.1 Å². The fourth-order valence-corrected chi connectivity index (χ4v) is 2.46. The zero-order chi connectivity index (χ0) is 13.8. The SMILES string of the molecule is CN(Cc1ccc(C(=O)O)cc1)c1ccccc1Br. The largest absolute Gasteiger partial charge is 0.478 e. The Morgan fingerprint density at radius 1 is 1.16 bits per heavy atom. The zero-order valence-corrected chi connectivity index (χ0v) is 12.1. The molecule has 19 heavy (non-hydrogen) atoms. The van der Waals surface area contributed by atoms with Crippen LogP contribution in [-0.4, -0.2) is 18.1 Å². The van der Waals surface area contributed by atoms with Crippen LogP contribution in [0.25, 0.3) is 0 Å². The number of para-hydroxylation sites is 1. The van der Waals surface area contributed by atoms with Crippen LogP contribution < -0.4 is 4.90 Å². The van der Waals surface area contributed by atoms with Gasteiger partial charge in [-0.3, -0.25) is 0 Å². The maximum atomic E-state index is 10.8. The van der Waals surface area contributed by atoms with Gasteiger partial charge in [0.25, 0.3) is 0 Å². The zero-order valence-electron chi connectivity index (χ0n) is 10.5. The summed E-state index contributed by atoms with van der Waals surface area (Å²) in [6.07, 6.45) is 0. The summed E-state index contributed by atoms with van der Waals surface area (Å²) >= 11 is 3.52. The molecule has 0 atom stereocenters. The van der Waals surface area contributed by atoms with E-state index in [1.165, 1.54) is 0 Å². The third-order valence-electron chi connectivity index (χ3n) is 2.88. The Kier molecular flexibility index (Phi) is 4.22. The maximum Gasteiger partial charge on any atom is 0.335 e. The molecule has 1 N–H and O–H groups in total. The second-order valence-electron chi connectivity index (χ2n) is 4.31. The number of hydrogen-bond acceptors (Lipinski definition) is 2. The van der Waals surface area contributed by atoms with E-state index in [0.29, 0.717) is 5.56 Å². The number of halogens is 1. The van der Waals surface area contributed by atoms with Crippen molar-refractivity contribution in [1.82, 2.24) is 0 Å². The molecule has 0 fully saturated rings. The molecule has 0 heterocycles. The molecule has 0 aliphatic heterocycles. The average Bonchev–Trinajstić information content (AvgIpc) is 2.39. The van der Waals surface area contributed by atoms with Gasteiger partial charge in [-0.25, -0.2) is 4.79 Å². The lowest BCUT2D eigenvalue weighted by Crippen LogP contribution is -2.16.